The van der Waals surface area contributed by atoms with E-state index in [1.54, 1.807) is 17.0 Å². The fourth-order valence-corrected chi connectivity index (χ4v) is 2.43. The predicted octanol–water partition coefficient (Wildman–Crippen LogP) is 2.52. The summed E-state index contributed by atoms with van der Waals surface area (Å²) in [4.78, 5) is 17.7. The molecule has 4 nitrogen and oxygen atoms in total. The number of fused-ring (bicyclic) bond motifs is 1. The first-order valence-corrected chi connectivity index (χ1v) is 6.20. The van der Waals surface area contributed by atoms with Gasteiger partial charge in [0.25, 0.3) is 0 Å². The molecule has 0 aliphatic heterocycles. The molecule has 0 amide bonds. The number of aromatic amines is 2. The number of hydrogen-bond acceptors (Lipinski definition) is 1. The lowest BCUT2D eigenvalue weighted by molar-refractivity contribution is 0.989. The van der Waals surface area contributed by atoms with Crippen molar-refractivity contribution in [2.24, 2.45) is 0 Å². The molecule has 2 N–H and O–H groups in total. The third-order valence-corrected chi connectivity index (χ3v) is 3.57. The van der Waals surface area contributed by atoms with Crippen LogP contribution in [0.3, 0.4) is 0 Å². The maximum Gasteiger partial charge on any atom is 0.330 e. The fourth-order valence-electron chi connectivity index (χ4n) is 2.43. The number of rotatable bonds is 2. The van der Waals surface area contributed by atoms with E-state index >= 15 is 0 Å². The Labute approximate surface area is 103 Å². The Bertz CT molecular complexity index is 774. The Morgan fingerprint density at radius 2 is 2.11 bits per heavy atom. The Hall–Kier alpha value is -2.23. The summed E-state index contributed by atoms with van der Waals surface area (Å²) in [5.41, 5.74) is 3.26. The molecule has 2 heterocycles. The van der Waals surface area contributed by atoms with E-state index in [0.29, 0.717) is 0 Å². The van der Waals surface area contributed by atoms with Crippen molar-refractivity contribution in [3.05, 3.63) is 52.8 Å². The van der Waals surface area contributed by atoms with Crippen LogP contribution < -0.4 is 5.69 Å². The third-order valence-electron chi connectivity index (χ3n) is 3.57. The molecule has 0 unspecified atom stereocenters. The summed E-state index contributed by atoms with van der Waals surface area (Å²) in [7, 11) is 0. The largest absolute Gasteiger partial charge is 0.358 e. The average Bonchev–Trinajstić information content (AvgIpc) is 3.00. The molecule has 1 saturated carbocycles. The van der Waals surface area contributed by atoms with Crippen molar-refractivity contribution in [3.63, 3.8) is 0 Å². The number of benzene rings is 1. The van der Waals surface area contributed by atoms with Crippen LogP contribution in [0, 0.1) is 0 Å². The smallest absolute Gasteiger partial charge is 0.330 e. The van der Waals surface area contributed by atoms with E-state index in [1.165, 1.54) is 23.9 Å². The van der Waals surface area contributed by atoms with Crippen LogP contribution in [0.15, 0.2) is 41.5 Å². The van der Waals surface area contributed by atoms with Crippen molar-refractivity contribution in [1.82, 2.24) is 14.5 Å². The van der Waals surface area contributed by atoms with Gasteiger partial charge in [0, 0.05) is 29.0 Å². The van der Waals surface area contributed by atoms with Crippen LogP contribution in [0.4, 0.5) is 0 Å². The zero-order chi connectivity index (χ0) is 12.1. The van der Waals surface area contributed by atoms with Gasteiger partial charge in [0.15, 0.2) is 0 Å². The first-order chi connectivity index (χ1) is 8.81. The van der Waals surface area contributed by atoms with Crippen molar-refractivity contribution in [1.29, 1.82) is 0 Å². The zero-order valence-electron chi connectivity index (χ0n) is 9.81. The van der Waals surface area contributed by atoms with E-state index in [9.17, 15) is 4.79 Å². The summed E-state index contributed by atoms with van der Waals surface area (Å²) in [5, 5.41) is 1.17. The second kappa shape index (κ2) is 3.38. The maximum absolute atomic E-state index is 11.6. The number of nitrogens with zero attached hydrogens (tertiary/aromatic N) is 1. The molecule has 2 aromatic heterocycles. The molecule has 3 aromatic rings. The molecular weight excluding hydrogens is 226 g/mol. The van der Waals surface area contributed by atoms with Crippen LogP contribution in [-0.4, -0.2) is 14.5 Å². The molecular formula is C14H13N3O. The van der Waals surface area contributed by atoms with Gasteiger partial charge in [-0.25, -0.2) is 4.79 Å². The SMILES string of the molecule is O=c1[nH]ccn1-c1ccc2[nH]c(C3CC3)cc2c1. The highest BCUT2D eigenvalue weighted by atomic mass is 16.1. The fraction of sp³-hybridized carbons (Fsp3) is 0.214. The Morgan fingerprint density at radius 1 is 1.22 bits per heavy atom. The third kappa shape index (κ3) is 1.42. The molecule has 4 heteroatoms. The van der Waals surface area contributed by atoms with Crippen LogP contribution >= 0.6 is 0 Å². The Kier molecular flexibility index (Phi) is 1.84. The van der Waals surface area contributed by atoms with Crippen LogP contribution in [0.25, 0.3) is 16.6 Å². The number of H-pyrrole nitrogens is 2. The van der Waals surface area contributed by atoms with E-state index in [1.807, 2.05) is 18.2 Å². The van der Waals surface area contributed by atoms with E-state index in [2.05, 4.69) is 16.0 Å². The first-order valence-electron chi connectivity index (χ1n) is 6.20. The van der Waals surface area contributed by atoms with E-state index in [4.69, 9.17) is 0 Å². The van der Waals surface area contributed by atoms with Gasteiger partial charge in [0.05, 0.1) is 5.69 Å². The van der Waals surface area contributed by atoms with Crippen molar-refractivity contribution < 1.29 is 0 Å². The van der Waals surface area contributed by atoms with E-state index < -0.39 is 0 Å². The lowest BCUT2D eigenvalue weighted by Gasteiger charge is -2.00. The molecule has 4 rings (SSSR count). The second-order valence-corrected chi connectivity index (χ2v) is 4.91. The number of imidazole rings is 1. The zero-order valence-corrected chi connectivity index (χ0v) is 9.81. The normalized spacial score (nSPS) is 15.3. The van der Waals surface area contributed by atoms with Crippen molar-refractivity contribution in [3.8, 4) is 5.69 Å². The van der Waals surface area contributed by atoms with Gasteiger partial charge >= 0.3 is 5.69 Å². The second-order valence-electron chi connectivity index (χ2n) is 4.91. The monoisotopic (exact) mass is 239 g/mol. The van der Waals surface area contributed by atoms with E-state index in [-0.39, 0.29) is 5.69 Å². The molecule has 0 bridgehead atoms. The Balaban J connectivity index is 1.88. The molecule has 1 aliphatic carbocycles. The number of aromatic nitrogens is 3. The summed E-state index contributed by atoms with van der Waals surface area (Å²) < 4.78 is 1.61. The van der Waals surface area contributed by atoms with E-state index in [0.717, 1.165) is 17.1 Å². The van der Waals surface area contributed by atoms with Crippen molar-refractivity contribution in [2.45, 2.75) is 18.8 Å². The highest BCUT2D eigenvalue weighted by Crippen LogP contribution is 2.40. The molecule has 0 saturated heterocycles. The van der Waals surface area contributed by atoms with Crippen molar-refractivity contribution in [2.75, 3.05) is 0 Å². The van der Waals surface area contributed by atoms with Gasteiger partial charge in [-0.05, 0) is 43.0 Å². The van der Waals surface area contributed by atoms with Gasteiger partial charge in [-0.15, -0.1) is 0 Å². The molecule has 18 heavy (non-hydrogen) atoms. The predicted molar refractivity (Wildman–Crippen MR) is 70.2 cm³/mol. The van der Waals surface area contributed by atoms with Gasteiger partial charge in [-0.1, -0.05) is 0 Å². The van der Waals surface area contributed by atoms with Gasteiger partial charge in [-0.2, -0.15) is 0 Å². The van der Waals surface area contributed by atoms with Gasteiger partial charge in [-0.3, -0.25) is 4.57 Å². The van der Waals surface area contributed by atoms with Crippen molar-refractivity contribution >= 4 is 10.9 Å². The van der Waals surface area contributed by atoms with Gasteiger partial charge < -0.3 is 9.97 Å². The summed E-state index contributed by atoms with van der Waals surface area (Å²) in [6.07, 6.45) is 5.98. The topological polar surface area (TPSA) is 53.6 Å². The quantitative estimate of drug-likeness (QED) is 0.709. The summed E-state index contributed by atoms with van der Waals surface area (Å²) in [6.45, 7) is 0. The highest BCUT2D eigenvalue weighted by molar-refractivity contribution is 5.82. The van der Waals surface area contributed by atoms with Crippen LogP contribution in [0.2, 0.25) is 0 Å². The lowest BCUT2D eigenvalue weighted by Crippen LogP contribution is -2.13. The van der Waals surface area contributed by atoms with Crippen LogP contribution in [0.5, 0.6) is 0 Å². The van der Waals surface area contributed by atoms with Crippen LogP contribution in [-0.2, 0) is 0 Å². The molecule has 1 aromatic carbocycles. The minimum atomic E-state index is -0.104. The molecule has 0 spiro atoms. The first kappa shape index (κ1) is 9.76. The summed E-state index contributed by atoms with van der Waals surface area (Å²) in [6, 6.07) is 8.25. The average molecular weight is 239 g/mol. The summed E-state index contributed by atoms with van der Waals surface area (Å²) >= 11 is 0. The molecule has 1 aliphatic rings. The van der Waals surface area contributed by atoms with Gasteiger partial charge in [0.1, 0.15) is 0 Å². The standard InChI is InChI=1S/C14H13N3O/c18-14-15-5-6-17(14)11-3-4-12-10(7-11)8-13(16-12)9-1-2-9/h3-9,16H,1-2H2,(H,15,18). The molecule has 0 atom stereocenters. The minimum Gasteiger partial charge on any atom is -0.358 e. The van der Waals surface area contributed by atoms with Gasteiger partial charge in [0.2, 0.25) is 0 Å². The van der Waals surface area contributed by atoms with Crippen LogP contribution in [0.1, 0.15) is 24.5 Å². The maximum atomic E-state index is 11.6. The molecule has 0 radical (unpaired) electrons. The Morgan fingerprint density at radius 3 is 2.83 bits per heavy atom. The highest BCUT2D eigenvalue weighted by Gasteiger charge is 2.25. The summed E-state index contributed by atoms with van der Waals surface area (Å²) in [5.74, 6) is 0.718. The number of nitrogens with one attached hydrogen (secondary N) is 2. The molecule has 1 fully saturated rings. The molecule has 90 valence electrons. The lowest BCUT2D eigenvalue weighted by atomic mass is 10.2. The minimum absolute atomic E-state index is 0.104. The number of hydrogen-bond donors (Lipinski definition) is 2.